The minimum absolute atomic E-state index is 0.175. The molecule has 0 unspecified atom stereocenters. The highest BCUT2D eigenvalue weighted by Gasteiger charge is 2.34. The number of benzene rings is 3. The number of halogens is 2. The van der Waals surface area contributed by atoms with E-state index in [1.54, 1.807) is 29.2 Å². The van der Waals surface area contributed by atoms with E-state index >= 15 is 0 Å². The summed E-state index contributed by atoms with van der Waals surface area (Å²) in [5.74, 6) is -1.17. The molecule has 0 bridgehead atoms. The maximum atomic E-state index is 13.7. The minimum Gasteiger partial charge on any atom is -0.478 e. The Kier molecular flexibility index (Phi) is 7.66. The molecule has 0 spiro atoms. The van der Waals surface area contributed by atoms with Crippen molar-refractivity contribution in [1.29, 1.82) is 0 Å². The predicted octanol–water partition coefficient (Wildman–Crippen LogP) is 7.90. The van der Waals surface area contributed by atoms with E-state index < -0.39 is 5.97 Å². The number of hydrogen-bond donors (Lipinski definition) is 1. The van der Waals surface area contributed by atoms with Crippen LogP contribution in [0.25, 0.3) is 11.8 Å². The van der Waals surface area contributed by atoms with E-state index in [0.29, 0.717) is 20.1 Å². The van der Waals surface area contributed by atoms with Gasteiger partial charge in [-0.2, -0.15) is 0 Å². The third kappa shape index (κ3) is 5.66. The fourth-order valence-corrected chi connectivity index (χ4v) is 5.87. The first-order valence-electron chi connectivity index (χ1n) is 12.0. The zero-order valence-corrected chi connectivity index (χ0v) is 23.4. The van der Waals surface area contributed by atoms with Gasteiger partial charge in [0.15, 0.2) is 5.17 Å². The number of para-hydroxylation sites is 1. The molecule has 0 aliphatic carbocycles. The summed E-state index contributed by atoms with van der Waals surface area (Å²) in [6.45, 7) is 4.22. The first-order valence-corrected chi connectivity index (χ1v) is 13.6. The smallest absolute Gasteiger partial charge is 0.335 e. The number of aromatic nitrogens is 1. The SMILES string of the molecule is Cc1cc(/C=C2/SC(=Nc3ccccc3)N(Cc3ccc(C(=O)O)cc3)C2=O)c(C)n1-c1ccc(Cl)cc1Cl. The van der Waals surface area contributed by atoms with Crippen LogP contribution in [0.5, 0.6) is 0 Å². The summed E-state index contributed by atoms with van der Waals surface area (Å²) in [5.41, 5.74) is 5.32. The largest absolute Gasteiger partial charge is 0.478 e. The average Bonchev–Trinajstić information content (AvgIpc) is 3.34. The molecule has 1 aliphatic heterocycles. The van der Waals surface area contributed by atoms with Crippen LogP contribution in [0.15, 0.2) is 88.8 Å². The number of carboxylic acid groups (broad SMARTS) is 1. The molecule has 1 amide bonds. The molecule has 1 N–H and O–H groups in total. The number of thioether (sulfide) groups is 1. The average molecular weight is 577 g/mol. The fourth-order valence-electron chi connectivity index (χ4n) is 4.39. The van der Waals surface area contributed by atoms with Crippen molar-refractivity contribution in [1.82, 2.24) is 9.47 Å². The second-order valence-electron chi connectivity index (χ2n) is 8.99. The lowest BCUT2D eigenvalue weighted by Crippen LogP contribution is -2.28. The Labute approximate surface area is 240 Å². The van der Waals surface area contributed by atoms with Crippen molar-refractivity contribution >= 4 is 63.8 Å². The normalized spacial score (nSPS) is 15.5. The Morgan fingerprint density at radius 2 is 1.72 bits per heavy atom. The molecule has 1 aliphatic rings. The van der Waals surface area contributed by atoms with Crippen molar-refractivity contribution in [2.75, 3.05) is 0 Å². The fraction of sp³-hybridized carbons (Fsp3) is 0.100. The Balaban J connectivity index is 1.52. The van der Waals surface area contributed by atoms with E-state index in [2.05, 4.69) is 0 Å². The van der Waals surface area contributed by atoms with E-state index in [0.717, 1.165) is 33.9 Å². The van der Waals surface area contributed by atoms with Crippen LogP contribution >= 0.6 is 35.0 Å². The van der Waals surface area contributed by atoms with Gasteiger partial charge < -0.3 is 9.67 Å². The molecule has 9 heteroatoms. The minimum atomic E-state index is -0.997. The molecule has 2 heterocycles. The summed E-state index contributed by atoms with van der Waals surface area (Å²) in [4.78, 5) is 31.8. The maximum absolute atomic E-state index is 13.7. The van der Waals surface area contributed by atoms with Crippen LogP contribution in [0.2, 0.25) is 10.0 Å². The van der Waals surface area contributed by atoms with Crippen molar-refractivity contribution in [3.05, 3.63) is 122 Å². The summed E-state index contributed by atoms with van der Waals surface area (Å²) in [6, 6.07) is 23.3. The quantitative estimate of drug-likeness (QED) is 0.237. The molecule has 6 nitrogen and oxygen atoms in total. The summed E-state index contributed by atoms with van der Waals surface area (Å²) >= 11 is 13.9. The van der Waals surface area contributed by atoms with Gasteiger partial charge in [0, 0.05) is 16.4 Å². The third-order valence-electron chi connectivity index (χ3n) is 6.32. The molecular formula is C30H23Cl2N3O3S. The number of hydrogen-bond acceptors (Lipinski definition) is 4. The number of aliphatic imine (C=N–C) groups is 1. The van der Waals surface area contributed by atoms with Crippen LogP contribution in [0.1, 0.15) is 32.9 Å². The van der Waals surface area contributed by atoms with E-state index in [-0.39, 0.29) is 18.0 Å². The number of carboxylic acids is 1. The number of aromatic carboxylic acids is 1. The van der Waals surface area contributed by atoms with Gasteiger partial charge in [0.05, 0.1) is 33.4 Å². The molecule has 0 atom stereocenters. The molecule has 5 rings (SSSR count). The van der Waals surface area contributed by atoms with Gasteiger partial charge in [0.2, 0.25) is 0 Å². The molecule has 39 heavy (non-hydrogen) atoms. The zero-order chi connectivity index (χ0) is 27.7. The Morgan fingerprint density at radius 1 is 1.00 bits per heavy atom. The van der Waals surface area contributed by atoms with Gasteiger partial charge in [-0.25, -0.2) is 9.79 Å². The van der Waals surface area contributed by atoms with Gasteiger partial charge in [-0.15, -0.1) is 0 Å². The van der Waals surface area contributed by atoms with Crippen molar-refractivity contribution in [2.24, 2.45) is 4.99 Å². The number of amidine groups is 1. The molecule has 196 valence electrons. The number of carbonyl (C=O) groups is 2. The molecule has 1 aromatic heterocycles. The molecular weight excluding hydrogens is 553 g/mol. The number of aryl methyl sites for hydroxylation is 1. The topological polar surface area (TPSA) is 74.9 Å². The van der Waals surface area contributed by atoms with Crippen LogP contribution in [-0.2, 0) is 11.3 Å². The zero-order valence-electron chi connectivity index (χ0n) is 21.1. The van der Waals surface area contributed by atoms with Crippen LogP contribution in [0.4, 0.5) is 5.69 Å². The number of rotatable bonds is 6. The van der Waals surface area contributed by atoms with Crippen LogP contribution in [-0.4, -0.2) is 31.6 Å². The van der Waals surface area contributed by atoms with E-state index in [4.69, 9.17) is 28.2 Å². The van der Waals surface area contributed by atoms with Gasteiger partial charge in [0.25, 0.3) is 5.91 Å². The van der Waals surface area contributed by atoms with Crippen molar-refractivity contribution in [3.8, 4) is 5.69 Å². The Morgan fingerprint density at radius 3 is 2.38 bits per heavy atom. The molecule has 1 fully saturated rings. The predicted molar refractivity (Wildman–Crippen MR) is 158 cm³/mol. The second-order valence-corrected chi connectivity index (χ2v) is 10.8. The molecule has 0 radical (unpaired) electrons. The Bertz CT molecular complexity index is 1640. The Hall–Kier alpha value is -3.78. The van der Waals surface area contributed by atoms with Gasteiger partial charge in [-0.3, -0.25) is 9.69 Å². The maximum Gasteiger partial charge on any atom is 0.335 e. The van der Waals surface area contributed by atoms with Crippen LogP contribution < -0.4 is 0 Å². The summed E-state index contributed by atoms with van der Waals surface area (Å²) in [6.07, 6.45) is 1.88. The van der Waals surface area contributed by atoms with E-state index in [1.165, 1.54) is 23.9 Å². The highest BCUT2D eigenvalue weighted by atomic mass is 35.5. The standard InChI is InChI=1S/C30H23Cl2N3O3S/c1-18-14-22(19(2)35(18)26-13-12-23(31)16-25(26)32)15-27-28(36)34(17-20-8-10-21(11-9-20)29(37)38)30(39-27)33-24-6-4-3-5-7-24/h3-16H,17H2,1-2H3,(H,37,38)/b27-15+,33-30?. The van der Waals surface area contributed by atoms with Crippen LogP contribution in [0, 0.1) is 13.8 Å². The summed E-state index contributed by atoms with van der Waals surface area (Å²) < 4.78 is 2.04. The molecule has 4 aromatic rings. The second kappa shape index (κ2) is 11.1. The van der Waals surface area contributed by atoms with Crippen LogP contribution in [0.3, 0.4) is 0 Å². The molecule has 1 saturated heterocycles. The van der Waals surface area contributed by atoms with Gasteiger partial charge in [-0.05, 0) is 91.3 Å². The summed E-state index contributed by atoms with van der Waals surface area (Å²) in [7, 11) is 0. The van der Waals surface area contributed by atoms with Gasteiger partial charge in [0.1, 0.15) is 0 Å². The monoisotopic (exact) mass is 575 g/mol. The summed E-state index contributed by atoms with van der Waals surface area (Å²) in [5, 5.41) is 10.9. The number of amides is 1. The van der Waals surface area contributed by atoms with Gasteiger partial charge in [-0.1, -0.05) is 53.5 Å². The number of nitrogens with zero attached hydrogens (tertiary/aromatic N) is 3. The third-order valence-corrected chi connectivity index (χ3v) is 7.86. The highest BCUT2D eigenvalue weighted by Crippen LogP contribution is 2.37. The highest BCUT2D eigenvalue weighted by molar-refractivity contribution is 8.18. The van der Waals surface area contributed by atoms with Gasteiger partial charge >= 0.3 is 5.97 Å². The molecule has 0 saturated carbocycles. The molecule has 3 aromatic carbocycles. The van der Waals surface area contributed by atoms with E-state index in [1.807, 2.05) is 67.0 Å². The first-order chi connectivity index (χ1) is 18.7. The van der Waals surface area contributed by atoms with Crippen molar-refractivity contribution < 1.29 is 14.7 Å². The lowest BCUT2D eigenvalue weighted by molar-refractivity contribution is -0.122. The van der Waals surface area contributed by atoms with E-state index in [9.17, 15) is 14.7 Å². The van der Waals surface area contributed by atoms with Crippen molar-refractivity contribution in [3.63, 3.8) is 0 Å². The van der Waals surface area contributed by atoms with Crippen molar-refractivity contribution in [2.45, 2.75) is 20.4 Å². The number of carbonyl (C=O) groups excluding carboxylic acids is 1. The lowest BCUT2D eigenvalue weighted by Gasteiger charge is -2.16. The lowest BCUT2D eigenvalue weighted by atomic mass is 10.1. The first kappa shape index (κ1) is 26.8.